The molecular formula is C32H37N3O6. The van der Waals surface area contributed by atoms with Crippen LogP contribution in [-0.4, -0.2) is 65.6 Å². The Hall–Kier alpha value is -3.18. The van der Waals surface area contributed by atoms with Gasteiger partial charge in [0.2, 0.25) is 0 Å². The maximum atomic E-state index is 12.6. The molecule has 9 heteroatoms. The van der Waals surface area contributed by atoms with Crippen molar-refractivity contribution in [3.05, 3.63) is 95.3 Å². The highest BCUT2D eigenvalue weighted by Gasteiger charge is 2.43. The first-order valence-corrected chi connectivity index (χ1v) is 14.3. The maximum Gasteiger partial charge on any atom is 0.257 e. The molecule has 3 aromatic rings. The van der Waals surface area contributed by atoms with Crippen molar-refractivity contribution in [1.82, 2.24) is 9.88 Å². The van der Waals surface area contributed by atoms with Gasteiger partial charge in [-0.05, 0) is 35.4 Å². The molecule has 3 aliphatic heterocycles. The molecule has 9 nitrogen and oxygen atoms in total. The van der Waals surface area contributed by atoms with E-state index in [9.17, 15) is 9.90 Å². The van der Waals surface area contributed by atoms with E-state index in [2.05, 4.69) is 22.1 Å². The third-order valence-electron chi connectivity index (χ3n) is 8.36. The number of aliphatic hydroxyl groups is 1. The number of nitrogens with zero attached hydrogens (tertiary/aromatic N) is 2. The smallest absolute Gasteiger partial charge is 0.257 e. The van der Waals surface area contributed by atoms with E-state index in [0.29, 0.717) is 24.5 Å². The van der Waals surface area contributed by atoms with Crippen molar-refractivity contribution in [2.75, 3.05) is 38.2 Å². The van der Waals surface area contributed by atoms with E-state index in [1.165, 1.54) is 6.20 Å². The van der Waals surface area contributed by atoms with Crippen LogP contribution in [0.2, 0.25) is 0 Å². The summed E-state index contributed by atoms with van der Waals surface area (Å²) in [5, 5.41) is 12.4. The summed E-state index contributed by atoms with van der Waals surface area (Å²) in [4.78, 5) is 19.0. The lowest BCUT2D eigenvalue weighted by molar-refractivity contribution is -0.278. The molecule has 3 aliphatic rings. The topological polar surface area (TPSA) is 102 Å². The number of benzene rings is 2. The molecule has 3 fully saturated rings. The number of rotatable bonds is 7. The summed E-state index contributed by atoms with van der Waals surface area (Å²) in [5.74, 6) is -0.529. The number of aliphatic hydroxyl groups excluding tert-OH is 1. The second-order valence-corrected chi connectivity index (χ2v) is 11.0. The normalized spacial score (nSPS) is 26.2. The van der Waals surface area contributed by atoms with Crippen molar-refractivity contribution in [2.24, 2.45) is 5.92 Å². The highest BCUT2D eigenvalue weighted by Crippen LogP contribution is 2.42. The number of aromatic nitrogens is 1. The largest absolute Gasteiger partial charge is 0.392 e. The summed E-state index contributed by atoms with van der Waals surface area (Å²) in [6.07, 6.45) is 4.06. The molecule has 4 atom stereocenters. The zero-order valence-electron chi connectivity index (χ0n) is 23.3. The van der Waals surface area contributed by atoms with Gasteiger partial charge >= 0.3 is 0 Å². The van der Waals surface area contributed by atoms with Gasteiger partial charge in [-0.15, -0.1) is 0 Å². The fourth-order valence-corrected chi connectivity index (χ4v) is 5.87. The maximum absolute atomic E-state index is 12.6. The molecule has 0 radical (unpaired) electrons. The zero-order chi connectivity index (χ0) is 28.2. The van der Waals surface area contributed by atoms with E-state index in [4.69, 9.17) is 18.9 Å². The van der Waals surface area contributed by atoms with Gasteiger partial charge in [0.15, 0.2) is 12.1 Å². The molecule has 0 aliphatic carbocycles. The van der Waals surface area contributed by atoms with Crippen LogP contribution >= 0.6 is 0 Å². The van der Waals surface area contributed by atoms with Gasteiger partial charge in [0, 0.05) is 62.0 Å². The van der Waals surface area contributed by atoms with E-state index in [0.717, 1.165) is 49.2 Å². The first kappa shape index (κ1) is 28.0. The molecule has 0 saturated carbocycles. The standard InChI is InChI=1S/C32H37N3O6/c1-22-28(20-35-15-12-32(13-16-35)38-17-18-39-32)40-31(41-29(22)24-6-4-23(21-36)5-7-24)25-8-10-27(11-9-25)34-30(37)26-3-2-14-33-19-26/h2-11,14,19,22,28-29,31,36H,12-13,15-18,20-21H2,1H3,(H,34,37). The van der Waals surface area contributed by atoms with Gasteiger partial charge < -0.3 is 34.3 Å². The van der Waals surface area contributed by atoms with Crippen molar-refractivity contribution in [3.63, 3.8) is 0 Å². The van der Waals surface area contributed by atoms with Gasteiger partial charge in [0.05, 0.1) is 37.6 Å². The Kier molecular flexibility index (Phi) is 8.43. The SMILES string of the molecule is CC1C(CN2CCC3(CC2)OCCO3)OC(c2ccc(NC(=O)c3cccnc3)cc2)OC1c1ccc(CO)cc1. The first-order chi connectivity index (χ1) is 20.0. The monoisotopic (exact) mass is 559 g/mol. The molecule has 1 aromatic heterocycles. The molecule has 2 N–H and O–H groups in total. The van der Waals surface area contributed by atoms with Crippen molar-refractivity contribution >= 4 is 11.6 Å². The number of hydrogen-bond donors (Lipinski definition) is 2. The van der Waals surface area contributed by atoms with Crippen LogP contribution in [0, 0.1) is 5.92 Å². The van der Waals surface area contributed by atoms with Gasteiger partial charge in [-0.25, -0.2) is 0 Å². The Morgan fingerprint density at radius 1 is 1.00 bits per heavy atom. The number of carbonyl (C=O) groups excluding carboxylic acids is 1. The molecule has 41 heavy (non-hydrogen) atoms. The van der Waals surface area contributed by atoms with Crippen molar-refractivity contribution in [2.45, 2.75) is 50.7 Å². The summed E-state index contributed by atoms with van der Waals surface area (Å²) in [5.41, 5.74) is 3.97. The highest BCUT2D eigenvalue weighted by atomic mass is 16.7. The molecule has 4 heterocycles. The third-order valence-corrected chi connectivity index (χ3v) is 8.36. The number of pyridine rings is 1. The molecule has 1 spiro atoms. The van der Waals surface area contributed by atoms with Crippen LogP contribution in [-0.2, 0) is 25.6 Å². The molecule has 4 unspecified atom stereocenters. The predicted octanol–water partition coefficient (Wildman–Crippen LogP) is 4.46. The first-order valence-electron chi connectivity index (χ1n) is 14.3. The zero-order valence-corrected chi connectivity index (χ0v) is 23.3. The minimum Gasteiger partial charge on any atom is -0.392 e. The Morgan fingerprint density at radius 3 is 2.37 bits per heavy atom. The number of hydrogen-bond acceptors (Lipinski definition) is 8. The summed E-state index contributed by atoms with van der Waals surface area (Å²) < 4.78 is 25.1. The van der Waals surface area contributed by atoms with Gasteiger partial charge in [0.25, 0.3) is 5.91 Å². The molecule has 2 aromatic carbocycles. The average Bonchev–Trinajstić information content (AvgIpc) is 3.48. The molecule has 0 bridgehead atoms. The van der Waals surface area contributed by atoms with Crippen LogP contribution < -0.4 is 5.32 Å². The van der Waals surface area contributed by atoms with Crippen LogP contribution in [0.3, 0.4) is 0 Å². The van der Waals surface area contributed by atoms with Crippen LogP contribution in [0.5, 0.6) is 0 Å². The van der Waals surface area contributed by atoms with E-state index < -0.39 is 12.1 Å². The highest BCUT2D eigenvalue weighted by molar-refractivity contribution is 6.04. The lowest BCUT2D eigenvalue weighted by atomic mass is 9.89. The van der Waals surface area contributed by atoms with Crippen molar-refractivity contribution < 1.29 is 28.8 Å². The molecule has 3 saturated heterocycles. The van der Waals surface area contributed by atoms with E-state index in [-0.39, 0.29) is 30.6 Å². The van der Waals surface area contributed by atoms with Crippen LogP contribution in [0.15, 0.2) is 73.1 Å². The van der Waals surface area contributed by atoms with Gasteiger partial charge in [0.1, 0.15) is 0 Å². The number of piperidine rings is 1. The Bertz CT molecular complexity index is 1290. The van der Waals surface area contributed by atoms with Gasteiger partial charge in [-0.1, -0.05) is 43.3 Å². The van der Waals surface area contributed by atoms with Crippen molar-refractivity contribution in [3.8, 4) is 0 Å². The van der Waals surface area contributed by atoms with E-state index in [1.54, 1.807) is 18.3 Å². The lowest BCUT2D eigenvalue weighted by Gasteiger charge is -2.44. The molecule has 6 rings (SSSR count). The fraction of sp³-hybridized carbons (Fsp3) is 0.438. The molecule has 1 amide bonds. The van der Waals surface area contributed by atoms with Crippen LogP contribution in [0.25, 0.3) is 0 Å². The Labute approximate surface area is 240 Å². The molecular weight excluding hydrogens is 522 g/mol. The Morgan fingerprint density at radius 2 is 1.71 bits per heavy atom. The average molecular weight is 560 g/mol. The van der Waals surface area contributed by atoms with E-state index >= 15 is 0 Å². The quantitative estimate of drug-likeness (QED) is 0.438. The Balaban J connectivity index is 1.18. The number of likely N-dealkylation sites (tertiary alicyclic amines) is 1. The number of anilines is 1. The number of nitrogens with one attached hydrogen (secondary N) is 1. The summed E-state index contributed by atoms with van der Waals surface area (Å²) >= 11 is 0. The minimum absolute atomic E-state index is 0.00324. The number of carbonyl (C=O) groups is 1. The summed E-state index contributed by atoms with van der Waals surface area (Å²) in [6.45, 7) is 6.08. The van der Waals surface area contributed by atoms with Gasteiger partial charge in [-0.2, -0.15) is 0 Å². The molecule has 216 valence electrons. The van der Waals surface area contributed by atoms with Gasteiger partial charge in [-0.3, -0.25) is 9.78 Å². The summed E-state index contributed by atoms with van der Waals surface area (Å²) in [6, 6.07) is 19.0. The second kappa shape index (κ2) is 12.4. The second-order valence-electron chi connectivity index (χ2n) is 11.0. The van der Waals surface area contributed by atoms with Crippen molar-refractivity contribution in [1.29, 1.82) is 0 Å². The fourth-order valence-electron chi connectivity index (χ4n) is 5.87. The predicted molar refractivity (Wildman–Crippen MR) is 152 cm³/mol. The summed E-state index contributed by atoms with van der Waals surface area (Å²) in [7, 11) is 0. The van der Waals surface area contributed by atoms with Crippen LogP contribution in [0.4, 0.5) is 5.69 Å². The van der Waals surface area contributed by atoms with E-state index in [1.807, 2.05) is 48.5 Å². The third kappa shape index (κ3) is 6.35. The number of amides is 1. The van der Waals surface area contributed by atoms with Crippen LogP contribution in [0.1, 0.15) is 59.2 Å². The minimum atomic E-state index is -0.570. The number of ether oxygens (including phenoxy) is 4. The lowest BCUT2D eigenvalue weighted by Crippen LogP contribution is -2.50.